The molecule has 1 aliphatic rings. The topological polar surface area (TPSA) is 94.8 Å². The summed E-state index contributed by atoms with van der Waals surface area (Å²) in [4.78, 5) is 22.8. The maximum Gasteiger partial charge on any atom is 0.303 e. The van der Waals surface area contributed by atoms with E-state index in [2.05, 4.69) is 6.92 Å². The quantitative estimate of drug-likeness (QED) is 0.277. The number of Topliss-reactive ketones (excluding diaryl/α,β-unsaturated/α-hetero) is 1. The number of carboxylic acid groups (broad SMARTS) is 1. The maximum atomic E-state index is 12.3. The lowest BCUT2D eigenvalue weighted by molar-refractivity contribution is -0.137. The van der Waals surface area contributed by atoms with Crippen molar-refractivity contribution in [2.24, 2.45) is 5.92 Å². The van der Waals surface area contributed by atoms with Crippen LogP contribution in [0, 0.1) is 5.92 Å². The van der Waals surface area contributed by atoms with Gasteiger partial charge in [0.05, 0.1) is 12.2 Å². The largest absolute Gasteiger partial charge is 0.481 e. The minimum atomic E-state index is -0.798. The van der Waals surface area contributed by atoms with E-state index in [1.165, 1.54) is 0 Å². The molecule has 3 N–H and O–H groups in total. The lowest BCUT2D eigenvalue weighted by Crippen LogP contribution is -2.16. The summed E-state index contributed by atoms with van der Waals surface area (Å²) in [6, 6.07) is 0. The van der Waals surface area contributed by atoms with Crippen molar-refractivity contribution < 1.29 is 24.9 Å². The smallest absolute Gasteiger partial charge is 0.303 e. The molecule has 0 bridgehead atoms. The molecule has 0 saturated heterocycles. The Kier molecular flexibility index (Phi) is 10.4. The van der Waals surface area contributed by atoms with Crippen molar-refractivity contribution in [3.63, 3.8) is 0 Å². The molecule has 2 unspecified atom stereocenters. The predicted molar refractivity (Wildman–Crippen MR) is 102 cm³/mol. The molecule has 0 aromatic carbocycles. The zero-order valence-corrected chi connectivity index (χ0v) is 16.1. The van der Waals surface area contributed by atoms with Crippen LogP contribution in [0.3, 0.4) is 0 Å². The molecular weight excluding hydrogens is 332 g/mol. The molecule has 1 rings (SSSR count). The number of hydrogen-bond donors (Lipinski definition) is 3. The fraction of sp³-hybridized carbons (Fsp3) is 0.714. The van der Waals surface area contributed by atoms with E-state index in [4.69, 9.17) is 5.11 Å². The Hall–Kier alpha value is -1.46. The maximum absolute atomic E-state index is 12.3. The van der Waals surface area contributed by atoms with E-state index in [1.807, 2.05) is 19.1 Å². The van der Waals surface area contributed by atoms with Gasteiger partial charge in [0.25, 0.3) is 0 Å². The molecule has 3 atom stereocenters. The van der Waals surface area contributed by atoms with Gasteiger partial charge < -0.3 is 15.3 Å². The second-order valence-electron chi connectivity index (χ2n) is 7.34. The molecule has 148 valence electrons. The number of hydrogen-bond acceptors (Lipinski definition) is 4. The van der Waals surface area contributed by atoms with Gasteiger partial charge in [-0.3, -0.25) is 9.59 Å². The molecule has 1 saturated carbocycles. The summed E-state index contributed by atoms with van der Waals surface area (Å²) >= 11 is 0. The monoisotopic (exact) mass is 366 g/mol. The fourth-order valence-corrected chi connectivity index (χ4v) is 3.60. The highest BCUT2D eigenvalue weighted by atomic mass is 16.4. The first kappa shape index (κ1) is 22.6. The number of aliphatic carboxylic acids is 1. The van der Waals surface area contributed by atoms with Gasteiger partial charge in [-0.1, -0.05) is 43.9 Å². The molecule has 0 radical (unpaired) electrons. The third kappa shape index (κ3) is 7.83. The van der Waals surface area contributed by atoms with Crippen LogP contribution in [-0.4, -0.2) is 39.3 Å². The van der Waals surface area contributed by atoms with Gasteiger partial charge in [0, 0.05) is 24.3 Å². The molecule has 0 aromatic heterocycles. The van der Waals surface area contributed by atoms with Crippen LogP contribution in [0.2, 0.25) is 0 Å². The van der Waals surface area contributed by atoms with Crippen LogP contribution in [0.1, 0.15) is 78.1 Å². The summed E-state index contributed by atoms with van der Waals surface area (Å²) in [5.74, 6) is -1.03. The van der Waals surface area contributed by atoms with E-state index in [-0.39, 0.29) is 24.5 Å². The number of carboxylic acids is 1. The van der Waals surface area contributed by atoms with E-state index in [0.717, 1.165) is 31.3 Å². The van der Waals surface area contributed by atoms with Crippen LogP contribution in [0.5, 0.6) is 0 Å². The van der Waals surface area contributed by atoms with Crippen molar-refractivity contribution in [1.82, 2.24) is 0 Å². The van der Waals surface area contributed by atoms with Gasteiger partial charge >= 0.3 is 5.97 Å². The van der Waals surface area contributed by atoms with E-state index in [0.29, 0.717) is 31.3 Å². The minimum absolute atomic E-state index is 0.0139. The molecule has 0 aromatic rings. The zero-order chi connectivity index (χ0) is 19.5. The van der Waals surface area contributed by atoms with Crippen molar-refractivity contribution in [1.29, 1.82) is 0 Å². The highest BCUT2D eigenvalue weighted by Crippen LogP contribution is 2.35. The Balaban J connectivity index is 2.63. The second kappa shape index (κ2) is 12.0. The van der Waals surface area contributed by atoms with Gasteiger partial charge in [0.15, 0.2) is 5.78 Å². The van der Waals surface area contributed by atoms with Crippen molar-refractivity contribution in [3.8, 4) is 0 Å². The molecule has 5 nitrogen and oxygen atoms in total. The molecular formula is C21H34O5. The number of rotatable bonds is 12. The summed E-state index contributed by atoms with van der Waals surface area (Å²) in [7, 11) is 0. The van der Waals surface area contributed by atoms with Gasteiger partial charge in [0.1, 0.15) is 0 Å². The van der Waals surface area contributed by atoms with Gasteiger partial charge in [-0.05, 0) is 39.0 Å². The van der Waals surface area contributed by atoms with E-state index >= 15 is 0 Å². The number of carbonyl (C=O) groups excluding carboxylic acids is 1. The van der Waals surface area contributed by atoms with Crippen molar-refractivity contribution in [3.05, 3.63) is 23.3 Å². The second-order valence-corrected chi connectivity index (χ2v) is 7.34. The van der Waals surface area contributed by atoms with Crippen molar-refractivity contribution in [2.75, 3.05) is 0 Å². The van der Waals surface area contributed by atoms with E-state index in [9.17, 15) is 19.8 Å². The number of aliphatic hydroxyl groups is 2. The molecule has 0 aliphatic heterocycles. The average molecular weight is 366 g/mol. The highest BCUT2D eigenvalue weighted by Gasteiger charge is 2.37. The predicted octanol–water partition coefficient (Wildman–Crippen LogP) is 3.79. The van der Waals surface area contributed by atoms with Gasteiger partial charge in [0.2, 0.25) is 0 Å². The number of aliphatic hydroxyl groups excluding tert-OH is 2. The lowest BCUT2D eigenvalue weighted by atomic mass is 9.90. The van der Waals surface area contributed by atoms with Gasteiger partial charge in [-0.15, -0.1) is 0 Å². The van der Waals surface area contributed by atoms with Crippen LogP contribution >= 0.6 is 0 Å². The fourth-order valence-electron chi connectivity index (χ4n) is 3.60. The first-order chi connectivity index (χ1) is 12.4. The summed E-state index contributed by atoms with van der Waals surface area (Å²) in [5.41, 5.74) is 1.57. The van der Waals surface area contributed by atoms with Crippen LogP contribution in [0.25, 0.3) is 0 Å². The molecule has 0 spiro atoms. The van der Waals surface area contributed by atoms with Crippen molar-refractivity contribution >= 4 is 11.8 Å². The standard InChI is InChI=1S/C21H34O5/c1-3-4-7-10-16(22)13-15(2)21-17(18(23)14-19(21)24)11-8-5-6-9-12-20(25)26/h5,8,16-18,22-23H,3-4,6-7,9-14H2,1-2H3,(H,25,26)/t16?,17-,18?/m0/s1. The summed E-state index contributed by atoms with van der Waals surface area (Å²) in [6.07, 6.45) is 9.28. The first-order valence-corrected chi connectivity index (χ1v) is 9.82. The average Bonchev–Trinajstić information content (AvgIpc) is 2.84. The van der Waals surface area contributed by atoms with Gasteiger partial charge in [-0.25, -0.2) is 0 Å². The SMILES string of the molecule is CCCCCC(O)CC(C)=C1C(=O)CC(O)[C@@H]1CC=CCCCC(=O)O. The normalized spacial score (nSPS) is 23.6. The Bertz CT molecular complexity index is 520. The molecule has 5 heteroatoms. The minimum Gasteiger partial charge on any atom is -0.481 e. The molecule has 26 heavy (non-hydrogen) atoms. The number of allylic oxidation sites excluding steroid dienone is 2. The number of unbranched alkanes of at least 4 members (excludes halogenated alkanes) is 3. The van der Waals surface area contributed by atoms with Crippen LogP contribution in [0.4, 0.5) is 0 Å². The first-order valence-electron chi connectivity index (χ1n) is 9.82. The van der Waals surface area contributed by atoms with Gasteiger partial charge in [-0.2, -0.15) is 0 Å². The Labute approximate surface area is 156 Å². The van der Waals surface area contributed by atoms with Crippen LogP contribution < -0.4 is 0 Å². The van der Waals surface area contributed by atoms with Crippen LogP contribution in [-0.2, 0) is 9.59 Å². The van der Waals surface area contributed by atoms with Crippen molar-refractivity contribution in [2.45, 2.75) is 90.3 Å². The van der Waals surface area contributed by atoms with Crippen LogP contribution in [0.15, 0.2) is 23.3 Å². The summed E-state index contributed by atoms with van der Waals surface area (Å²) in [6.45, 7) is 4.01. The zero-order valence-electron chi connectivity index (χ0n) is 16.1. The summed E-state index contributed by atoms with van der Waals surface area (Å²) in [5, 5.41) is 29.0. The number of ketones is 1. The van der Waals surface area contributed by atoms with E-state index < -0.39 is 18.2 Å². The van der Waals surface area contributed by atoms with E-state index in [1.54, 1.807) is 0 Å². The number of carbonyl (C=O) groups is 2. The molecule has 0 heterocycles. The molecule has 1 fully saturated rings. The summed E-state index contributed by atoms with van der Waals surface area (Å²) < 4.78 is 0. The highest BCUT2D eigenvalue weighted by molar-refractivity contribution is 5.99. The lowest BCUT2D eigenvalue weighted by Gasteiger charge is -2.18. The molecule has 0 amide bonds. The molecule has 1 aliphatic carbocycles. The Morgan fingerprint density at radius 2 is 2.00 bits per heavy atom. The third-order valence-corrected chi connectivity index (χ3v) is 4.99. The Morgan fingerprint density at radius 1 is 1.27 bits per heavy atom. The Morgan fingerprint density at radius 3 is 2.65 bits per heavy atom. The third-order valence-electron chi connectivity index (χ3n) is 4.99.